The number of rotatable bonds is 4. The largest absolute Gasteiger partial charge is 0.325 e. The first kappa shape index (κ1) is 10.2. The predicted octanol–water partition coefficient (Wildman–Crippen LogP) is 2.41. The van der Waals surface area contributed by atoms with Crippen LogP contribution in [0, 0.1) is 0 Å². The molecule has 0 radical (unpaired) electrons. The van der Waals surface area contributed by atoms with Crippen molar-refractivity contribution in [3.63, 3.8) is 0 Å². The van der Waals surface area contributed by atoms with E-state index in [1.165, 1.54) is 0 Å². The third-order valence-corrected chi connectivity index (χ3v) is 1.15. The lowest BCUT2D eigenvalue weighted by molar-refractivity contribution is 0.519. The molecule has 1 heteroatoms. The Morgan fingerprint density at radius 3 is 2.45 bits per heavy atom. The summed E-state index contributed by atoms with van der Waals surface area (Å²) in [5, 5.41) is 0. The van der Waals surface area contributed by atoms with Crippen molar-refractivity contribution >= 4 is 0 Å². The van der Waals surface area contributed by atoms with E-state index in [1.807, 2.05) is 26.0 Å². The van der Waals surface area contributed by atoms with Gasteiger partial charge in [-0.15, -0.1) is 0 Å². The number of hydrogen-bond donors (Lipinski definition) is 1. The second kappa shape index (κ2) is 4.14. The lowest BCUT2D eigenvalue weighted by atomic mass is 9.97. The SMILES string of the molecule is C=C/C=C\C(=C)CC(C)(C)N. The van der Waals surface area contributed by atoms with E-state index in [4.69, 9.17) is 5.73 Å². The highest BCUT2D eigenvalue weighted by atomic mass is 14.7. The molecule has 0 aliphatic rings. The van der Waals surface area contributed by atoms with E-state index in [2.05, 4.69) is 13.2 Å². The van der Waals surface area contributed by atoms with Gasteiger partial charge in [-0.1, -0.05) is 37.0 Å². The summed E-state index contributed by atoms with van der Waals surface area (Å²) in [5.41, 5.74) is 6.66. The van der Waals surface area contributed by atoms with Crippen LogP contribution in [0.4, 0.5) is 0 Å². The fourth-order valence-electron chi connectivity index (χ4n) is 0.848. The van der Waals surface area contributed by atoms with E-state index >= 15 is 0 Å². The molecule has 0 amide bonds. The van der Waals surface area contributed by atoms with Crippen LogP contribution in [0.15, 0.2) is 37.0 Å². The third-order valence-electron chi connectivity index (χ3n) is 1.15. The van der Waals surface area contributed by atoms with E-state index in [-0.39, 0.29) is 5.54 Å². The van der Waals surface area contributed by atoms with E-state index in [0.717, 1.165) is 12.0 Å². The van der Waals surface area contributed by atoms with Crippen molar-refractivity contribution in [2.75, 3.05) is 0 Å². The molecule has 0 saturated heterocycles. The van der Waals surface area contributed by atoms with Crippen molar-refractivity contribution in [3.8, 4) is 0 Å². The maximum absolute atomic E-state index is 5.79. The molecule has 11 heavy (non-hydrogen) atoms. The number of nitrogens with two attached hydrogens (primary N) is 1. The van der Waals surface area contributed by atoms with Crippen LogP contribution in [-0.4, -0.2) is 5.54 Å². The van der Waals surface area contributed by atoms with Gasteiger partial charge in [-0.2, -0.15) is 0 Å². The van der Waals surface area contributed by atoms with Gasteiger partial charge in [0.1, 0.15) is 0 Å². The van der Waals surface area contributed by atoms with Gasteiger partial charge in [0.15, 0.2) is 0 Å². The van der Waals surface area contributed by atoms with Gasteiger partial charge in [0.25, 0.3) is 0 Å². The normalized spacial score (nSPS) is 11.9. The summed E-state index contributed by atoms with van der Waals surface area (Å²) in [7, 11) is 0. The fourth-order valence-corrected chi connectivity index (χ4v) is 0.848. The minimum atomic E-state index is -0.164. The molecule has 2 N–H and O–H groups in total. The summed E-state index contributed by atoms with van der Waals surface area (Å²) in [6, 6.07) is 0. The number of allylic oxidation sites excluding steroid dienone is 3. The molecule has 0 unspecified atom stereocenters. The molecule has 0 aromatic heterocycles. The van der Waals surface area contributed by atoms with Gasteiger partial charge in [0.05, 0.1) is 0 Å². The van der Waals surface area contributed by atoms with Gasteiger partial charge in [-0.05, 0) is 20.3 Å². The van der Waals surface area contributed by atoms with Crippen LogP contribution in [0.25, 0.3) is 0 Å². The summed E-state index contributed by atoms with van der Waals surface area (Å²) in [4.78, 5) is 0. The third kappa shape index (κ3) is 7.07. The first-order valence-corrected chi connectivity index (χ1v) is 3.71. The summed E-state index contributed by atoms with van der Waals surface area (Å²) in [6.07, 6.45) is 6.35. The van der Waals surface area contributed by atoms with Crippen LogP contribution in [0.5, 0.6) is 0 Å². The molecule has 0 bridgehead atoms. The van der Waals surface area contributed by atoms with Gasteiger partial charge < -0.3 is 5.73 Å². The minimum Gasteiger partial charge on any atom is -0.325 e. The minimum absolute atomic E-state index is 0.164. The van der Waals surface area contributed by atoms with Gasteiger partial charge in [-0.25, -0.2) is 0 Å². The zero-order chi connectivity index (χ0) is 8.91. The maximum atomic E-state index is 5.79. The van der Waals surface area contributed by atoms with E-state index in [1.54, 1.807) is 6.08 Å². The molecule has 0 atom stereocenters. The summed E-state index contributed by atoms with van der Waals surface area (Å²) in [5.74, 6) is 0. The van der Waals surface area contributed by atoms with E-state index in [9.17, 15) is 0 Å². The molecule has 0 aliphatic carbocycles. The van der Waals surface area contributed by atoms with Crippen LogP contribution in [-0.2, 0) is 0 Å². The average molecular weight is 151 g/mol. The van der Waals surface area contributed by atoms with Crippen LogP contribution in [0.3, 0.4) is 0 Å². The average Bonchev–Trinajstić information content (AvgIpc) is 1.79. The molecule has 62 valence electrons. The van der Waals surface area contributed by atoms with Crippen molar-refractivity contribution < 1.29 is 0 Å². The zero-order valence-electron chi connectivity index (χ0n) is 7.43. The zero-order valence-corrected chi connectivity index (χ0v) is 7.43. The Bertz CT molecular complexity index is 170. The van der Waals surface area contributed by atoms with Gasteiger partial charge in [-0.3, -0.25) is 0 Å². The Hall–Kier alpha value is -0.820. The Kier molecular flexibility index (Phi) is 3.83. The molecular formula is C10H17N. The van der Waals surface area contributed by atoms with Gasteiger partial charge in [0.2, 0.25) is 0 Å². The summed E-state index contributed by atoms with van der Waals surface area (Å²) < 4.78 is 0. The summed E-state index contributed by atoms with van der Waals surface area (Å²) in [6.45, 7) is 11.4. The van der Waals surface area contributed by atoms with Crippen molar-refractivity contribution in [3.05, 3.63) is 37.0 Å². The topological polar surface area (TPSA) is 26.0 Å². The van der Waals surface area contributed by atoms with Crippen molar-refractivity contribution in [1.82, 2.24) is 0 Å². The van der Waals surface area contributed by atoms with Crippen molar-refractivity contribution in [1.29, 1.82) is 0 Å². The molecule has 0 aromatic rings. The smallest absolute Gasteiger partial charge is 0.0137 e. The molecule has 1 nitrogen and oxygen atoms in total. The Balaban J connectivity index is 3.89. The van der Waals surface area contributed by atoms with Crippen LogP contribution < -0.4 is 5.73 Å². The molecule has 0 aliphatic heterocycles. The van der Waals surface area contributed by atoms with Gasteiger partial charge >= 0.3 is 0 Å². The lowest BCUT2D eigenvalue weighted by Crippen LogP contribution is -2.31. The molecular weight excluding hydrogens is 134 g/mol. The number of hydrogen-bond acceptors (Lipinski definition) is 1. The predicted molar refractivity (Wildman–Crippen MR) is 51.4 cm³/mol. The van der Waals surface area contributed by atoms with Gasteiger partial charge in [0, 0.05) is 5.54 Å². The Morgan fingerprint density at radius 2 is 2.09 bits per heavy atom. The highest BCUT2D eigenvalue weighted by Gasteiger charge is 2.09. The van der Waals surface area contributed by atoms with Crippen LogP contribution in [0.2, 0.25) is 0 Å². The molecule has 0 spiro atoms. The van der Waals surface area contributed by atoms with Crippen molar-refractivity contribution in [2.45, 2.75) is 25.8 Å². The standard InChI is InChI=1S/C10H17N/c1-5-6-7-9(2)8-10(3,4)11/h5-7H,1-2,8,11H2,3-4H3/b7-6-. The quantitative estimate of drug-likeness (QED) is 0.613. The first-order chi connectivity index (χ1) is 4.95. The lowest BCUT2D eigenvalue weighted by Gasteiger charge is -2.17. The van der Waals surface area contributed by atoms with Crippen molar-refractivity contribution in [2.24, 2.45) is 5.73 Å². The summed E-state index contributed by atoms with van der Waals surface area (Å²) >= 11 is 0. The molecule has 0 fully saturated rings. The van der Waals surface area contributed by atoms with Crippen LogP contribution in [0.1, 0.15) is 20.3 Å². The maximum Gasteiger partial charge on any atom is 0.0137 e. The second-order valence-corrected chi connectivity index (χ2v) is 3.42. The highest BCUT2D eigenvalue weighted by molar-refractivity contribution is 5.19. The highest BCUT2D eigenvalue weighted by Crippen LogP contribution is 2.11. The Morgan fingerprint density at radius 1 is 1.55 bits per heavy atom. The van der Waals surface area contributed by atoms with E-state index < -0.39 is 0 Å². The fraction of sp³-hybridized carbons (Fsp3) is 0.400. The molecule has 0 heterocycles. The van der Waals surface area contributed by atoms with Crippen LogP contribution >= 0.6 is 0 Å². The Labute approximate surface area is 69.3 Å². The second-order valence-electron chi connectivity index (χ2n) is 3.42. The molecule has 0 rings (SSSR count). The molecule has 0 aromatic carbocycles. The first-order valence-electron chi connectivity index (χ1n) is 3.71. The van der Waals surface area contributed by atoms with E-state index in [0.29, 0.717) is 0 Å². The molecule has 0 saturated carbocycles. The monoisotopic (exact) mass is 151 g/mol.